The lowest BCUT2D eigenvalue weighted by atomic mass is 10.4. The second kappa shape index (κ2) is 6.61. The Kier molecular flexibility index (Phi) is 5.43. The third kappa shape index (κ3) is 3.44. The maximum atomic E-state index is 11.8. The summed E-state index contributed by atoms with van der Waals surface area (Å²) >= 11 is 8.04. The highest BCUT2D eigenvalue weighted by Gasteiger charge is 2.17. The second-order valence-corrected chi connectivity index (χ2v) is 4.16. The Labute approximate surface area is 110 Å². The lowest BCUT2D eigenvalue weighted by Gasteiger charge is -2.09. The van der Waals surface area contributed by atoms with Crippen molar-refractivity contribution in [3.63, 3.8) is 0 Å². The first-order valence-corrected chi connectivity index (χ1v) is 6.31. The predicted molar refractivity (Wildman–Crippen MR) is 71.4 cm³/mol. The molecule has 2 N–H and O–H groups in total. The summed E-state index contributed by atoms with van der Waals surface area (Å²) in [6, 6.07) is 2.92. The summed E-state index contributed by atoms with van der Waals surface area (Å²) < 4.78 is 1.45. The number of aromatic carboxylic acids is 1. The lowest BCUT2D eigenvalue weighted by molar-refractivity contribution is 0.0685. The van der Waals surface area contributed by atoms with Gasteiger partial charge in [0.25, 0.3) is 5.91 Å². The normalized spacial score (nSPS) is 10.2. The summed E-state index contributed by atoms with van der Waals surface area (Å²) in [5, 5.41) is 11.6. The highest BCUT2D eigenvalue weighted by Crippen LogP contribution is 2.10. The van der Waals surface area contributed by atoms with Crippen LogP contribution in [0.1, 0.15) is 21.0 Å². The molecule has 0 atom stereocenters. The third-order valence-electron chi connectivity index (χ3n) is 2.15. The molecule has 0 radical (unpaired) electrons. The van der Waals surface area contributed by atoms with Crippen LogP contribution in [0.4, 0.5) is 0 Å². The molecule has 0 aliphatic rings. The highest BCUT2D eigenvalue weighted by molar-refractivity contribution is 7.80. The number of carboxylic acid groups (broad SMARTS) is 1. The zero-order valence-corrected chi connectivity index (χ0v) is 10.9. The number of amides is 1. The van der Waals surface area contributed by atoms with E-state index in [0.29, 0.717) is 30.3 Å². The van der Waals surface area contributed by atoms with Crippen molar-refractivity contribution in [2.24, 2.45) is 0 Å². The summed E-state index contributed by atoms with van der Waals surface area (Å²) in [6.07, 6.45) is 0. The smallest absolute Gasteiger partial charge is 0.352 e. The molecule has 17 heavy (non-hydrogen) atoms. The first-order valence-electron chi connectivity index (χ1n) is 5.04. The summed E-state index contributed by atoms with van der Waals surface area (Å²) in [5.41, 5.74) is 0.424. The minimum Gasteiger partial charge on any atom is -0.477 e. The number of nitrogens with zero attached hydrogens (tertiary/aromatic N) is 1. The molecule has 0 saturated heterocycles. The minimum absolute atomic E-state index is 0.0927. The molecule has 0 saturated carbocycles. The average molecular weight is 274 g/mol. The van der Waals surface area contributed by atoms with Crippen LogP contribution in [0.3, 0.4) is 0 Å². The number of nitrogens with one attached hydrogen (secondary N) is 1. The van der Waals surface area contributed by atoms with Crippen LogP contribution in [0.15, 0.2) is 12.1 Å². The number of thiol groups is 2. The van der Waals surface area contributed by atoms with Gasteiger partial charge >= 0.3 is 5.97 Å². The quantitative estimate of drug-likeness (QED) is 0.579. The van der Waals surface area contributed by atoms with Crippen molar-refractivity contribution in [1.29, 1.82) is 0 Å². The molecule has 0 spiro atoms. The van der Waals surface area contributed by atoms with Crippen LogP contribution >= 0.6 is 25.3 Å². The Hall–Kier alpha value is -1.08. The fourth-order valence-corrected chi connectivity index (χ4v) is 1.77. The van der Waals surface area contributed by atoms with Crippen molar-refractivity contribution in [3.8, 4) is 0 Å². The van der Waals surface area contributed by atoms with Gasteiger partial charge in [-0.3, -0.25) is 4.79 Å². The Balaban J connectivity index is 2.98. The first-order chi connectivity index (χ1) is 8.11. The van der Waals surface area contributed by atoms with E-state index in [2.05, 4.69) is 30.6 Å². The molecule has 1 aromatic heterocycles. The van der Waals surface area contributed by atoms with E-state index in [1.807, 2.05) is 0 Å². The Morgan fingerprint density at radius 1 is 1.24 bits per heavy atom. The lowest BCUT2D eigenvalue weighted by Crippen LogP contribution is -2.28. The van der Waals surface area contributed by atoms with E-state index in [9.17, 15) is 9.59 Å². The van der Waals surface area contributed by atoms with E-state index < -0.39 is 5.97 Å². The molecule has 0 unspecified atom stereocenters. The zero-order valence-electron chi connectivity index (χ0n) is 9.09. The van der Waals surface area contributed by atoms with E-state index in [0.717, 1.165) is 0 Å². The van der Waals surface area contributed by atoms with Gasteiger partial charge in [0.2, 0.25) is 0 Å². The van der Waals surface area contributed by atoms with E-state index in [4.69, 9.17) is 5.11 Å². The van der Waals surface area contributed by atoms with E-state index in [1.165, 1.54) is 16.7 Å². The summed E-state index contributed by atoms with van der Waals surface area (Å²) in [7, 11) is 0. The second-order valence-electron chi connectivity index (χ2n) is 3.26. The van der Waals surface area contributed by atoms with Crippen molar-refractivity contribution >= 4 is 37.1 Å². The average Bonchev–Trinajstić information content (AvgIpc) is 2.70. The minimum atomic E-state index is -1.06. The molecule has 7 heteroatoms. The van der Waals surface area contributed by atoms with Gasteiger partial charge in [-0.1, -0.05) is 0 Å². The molecule has 0 bridgehead atoms. The maximum Gasteiger partial charge on any atom is 0.352 e. The molecule has 0 fully saturated rings. The highest BCUT2D eigenvalue weighted by atomic mass is 32.1. The van der Waals surface area contributed by atoms with Gasteiger partial charge in [-0.25, -0.2) is 4.79 Å². The van der Waals surface area contributed by atoms with Crippen molar-refractivity contribution in [2.75, 3.05) is 18.1 Å². The van der Waals surface area contributed by atoms with Gasteiger partial charge in [-0.15, -0.1) is 0 Å². The molecule has 1 amide bonds. The van der Waals surface area contributed by atoms with Crippen LogP contribution in [0.5, 0.6) is 0 Å². The number of hydrogen-bond acceptors (Lipinski definition) is 4. The molecular formula is C10H14N2O3S2. The summed E-state index contributed by atoms with van der Waals surface area (Å²) in [4.78, 5) is 22.7. The van der Waals surface area contributed by atoms with Crippen LogP contribution < -0.4 is 5.32 Å². The summed E-state index contributed by atoms with van der Waals surface area (Å²) in [5.74, 6) is -0.361. The van der Waals surface area contributed by atoms with Gasteiger partial charge in [0.15, 0.2) is 0 Å². The number of carbonyl (C=O) groups is 2. The van der Waals surface area contributed by atoms with Gasteiger partial charge < -0.3 is 15.0 Å². The van der Waals surface area contributed by atoms with Crippen LogP contribution in [-0.2, 0) is 6.54 Å². The molecule has 1 rings (SSSR count). The van der Waals surface area contributed by atoms with Gasteiger partial charge in [0.1, 0.15) is 11.4 Å². The molecular weight excluding hydrogens is 260 g/mol. The molecule has 0 aromatic carbocycles. The Bertz CT molecular complexity index is 418. The number of carbonyl (C=O) groups excluding carboxylic acids is 1. The fourth-order valence-electron chi connectivity index (χ4n) is 1.45. The Morgan fingerprint density at radius 2 is 1.88 bits per heavy atom. The van der Waals surface area contributed by atoms with E-state index >= 15 is 0 Å². The molecule has 1 heterocycles. The number of hydrogen-bond donors (Lipinski definition) is 4. The monoisotopic (exact) mass is 274 g/mol. The van der Waals surface area contributed by atoms with Crippen molar-refractivity contribution < 1.29 is 14.7 Å². The maximum absolute atomic E-state index is 11.8. The van der Waals surface area contributed by atoms with Crippen LogP contribution in [0.25, 0.3) is 0 Å². The topological polar surface area (TPSA) is 71.3 Å². The number of aromatic nitrogens is 1. The van der Waals surface area contributed by atoms with Crippen molar-refractivity contribution in [1.82, 2.24) is 9.88 Å². The summed E-state index contributed by atoms with van der Waals surface area (Å²) in [6.45, 7) is 0.817. The largest absolute Gasteiger partial charge is 0.477 e. The van der Waals surface area contributed by atoms with Crippen LogP contribution in [0.2, 0.25) is 0 Å². The van der Waals surface area contributed by atoms with Crippen molar-refractivity contribution in [2.45, 2.75) is 6.54 Å². The SMILES string of the molecule is O=C(O)c1ccc(C(=O)NCCS)n1CCS. The third-order valence-corrected chi connectivity index (χ3v) is 2.58. The first kappa shape index (κ1) is 14.0. The van der Waals surface area contributed by atoms with Crippen molar-refractivity contribution in [3.05, 3.63) is 23.5 Å². The number of carboxylic acids is 1. The van der Waals surface area contributed by atoms with Gasteiger partial charge in [-0.05, 0) is 12.1 Å². The molecule has 94 valence electrons. The standard InChI is InChI=1S/C10H14N2O3S2/c13-9(11-3-5-16)7-1-2-8(10(14)15)12(7)4-6-17/h1-2,16-17H,3-6H2,(H,11,13)(H,14,15). The molecule has 0 aliphatic heterocycles. The van der Waals surface area contributed by atoms with Gasteiger partial charge in [0, 0.05) is 24.6 Å². The van der Waals surface area contributed by atoms with Crippen LogP contribution in [0, 0.1) is 0 Å². The fraction of sp³-hybridized carbons (Fsp3) is 0.400. The molecule has 0 aliphatic carbocycles. The van der Waals surface area contributed by atoms with Gasteiger partial charge in [-0.2, -0.15) is 25.3 Å². The molecule has 1 aromatic rings. The van der Waals surface area contributed by atoms with Crippen LogP contribution in [-0.4, -0.2) is 39.6 Å². The van der Waals surface area contributed by atoms with Gasteiger partial charge in [0.05, 0.1) is 0 Å². The Morgan fingerprint density at radius 3 is 2.41 bits per heavy atom. The number of rotatable bonds is 6. The van der Waals surface area contributed by atoms with E-state index in [-0.39, 0.29) is 11.6 Å². The van der Waals surface area contributed by atoms with E-state index in [1.54, 1.807) is 0 Å². The molecule has 5 nitrogen and oxygen atoms in total. The zero-order chi connectivity index (χ0) is 12.8. The predicted octanol–water partition coefficient (Wildman–Crippen LogP) is 0.776.